The van der Waals surface area contributed by atoms with E-state index in [1.165, 1.54) is 5.56 Å². The predicted molar refractivity (Wildman–Crippen MR) is 66.4 cm³/mol. The molecule has 84 valence electrons. The number of furan rings is 1. The quantitative estimate of drug-likeness (QED) is 0.775. The highest BCUT2D eigenvalue weighted by atomic mass is 16.3. The lowest BCUT2D eigenvalue weighted by Crippen LogP contribution is -2.02. The highest BCUT2D eigenvalue weighted by Gasteiger charge is 2.04. The van der Waals surface area contributed by atoms with Gasteiger partial charge in [-0.1, -0.05) is 0 Å². The Morgan fingerprint density at radius 2 is 2.00 bits per heavy atom. The molecule has 0 radical (unpaired) electrons. The summed E-state index contributed by atoms with van der Waals surface area (Å²) in [6.45, 7) is 4.79. The Bertz CT molecular complexity index is 475. The number of rotatable bonds is 3. The van der Waals surface area contributed by atoms with Crippen LogP contribution in [0.15, 0.2) is 34.9 Å². The lowest BCUT2D eigenvalue weighted by molar-refractivity contribution is 0.518. The fourth-order valence-electron chi connectivity index (χ4n) is 1.63. The van der Waals surface area contributed by atoms with Crippen LogP contribution in [0.1, 0.15) is 16.9 Å². The molecule has 0 bridgehead atoms. The molecule has 1 aromatic carbocycles. The molecule has 0 aliphatic rings. The number of anilines is 2. The molecule has 0 unspecified atom stereocenters. The SMILES string of the molecule is Cc1c(N)ccc(NCc2ccco2)c1C. The molecule has 0 aliphatic heterocycles. The largest absolute Gasteiger partial charge is 0.467 e. The lowest BCUT2D eigenvalue weighted by atomic mass is 10.1. The normalized spacial score (nSPS) is 10.4. The maximum absolute atomic E-state index is 5.83. The maximum atomic E-state index is 5.83. The minimum atomic E-state index is 0.692. The lowest BCUT2D eigenvalue weighted by Gasteiger charge is -2.12. The summed E-state index contributed by atoms with van der Waals surface area (Å²) in [6, 6.07) is 7.76. The molecule has 16 heavy (non-hydrogen) atoms. The van der Waals surface area contributed by atoms with Crippen molar-refractivity contribution in [3.05, 3.63) is 47.4 Å². The van der Waals surface area contributed by atoms with Gasteiger partial charge in [-0.3, -0.25) is 0 Å². The zero-order valence-electron chi connectivity index (χ0n) is 9.58. The first kappa shape index (κ1) is 10.6. The smallest absolute Gasteiger partial charge is 0.122 e. The fraction of sp³-hybridized carbons (Fsp3) is 0.231. The van der Waals surface area contributed by atoms with Crippen molar-refractivity contribution in [3.63, 3.8) is 0 Å². The van der Waals surface area contributed by atoms with Crippen LogP contribution in [0.4, 0.5) is 11.4 Å². The first-order valence-corrected chi connectivity index (χ1v) is 5.30. The number of nitrogens with one attached hydrogen (secondary N) is 1. The van der Waals surface area contributed by atoms with E-state index in [-0.39, 0.29) is 0 Å². The van der Waals surface area contributed by atoms with Gasteiger partial charge >= 0.3 is 0 Å². The Morgan fingerprint density at radius 3 is 2.69 bits per heavy atom. The second kappa shape index (κ2) is 4.31. The molecule has 3 nitrogen and oxygen atoms in total. The van der Waals surface area contributed by atoms with Gasteiger partial charge in [-0.2, -0.15) is 0 Å². The minimum Gasteiger partial charge on any atom is -0.467 e. The summed E-state index contributed by atoms with van der Waals surface area (Å²) < 4.78 is 5.26. The average molecular weight is 216 g/mol. The van der Waals surface area contributed by atoms with Crippen LogP contribution in [0.2, 0.25) is 0 Å². The Balaban J connectivity index is 2.13. The van der Waals surface area contributed by atoms with E-state index in [4.69, 9.17) is 10.2 Å². The third-order valence-corrected chi connectivity index (χ3v) is 2.86. The summed E-state index contributed by atoms with van der Waals surface area (Å²) in [5, 5.41) is 3.33. The van der Waals surface area contributed by atoms with Crippen LogP contribution in [0.5, 0.6) is 0 Å². The standard InChI is InChI=1S/C13H16N2O/c1-9-10(2)13(6-5-12(9)14)15-8-11-4-3-7-16-11/h3-7,15H,8,14H2,1-2H3. The molecule has 1 heterocycles. The molecule has 0 saturated carbocycles. The van der Waals surface area contributed by atoms with E-state index in [2.05, 4.69) is 12.2 Å². The fourth-order valence-corrected chi connectivity index (χ4v) is 1.63. The molecule has 1 aromatic heterocycles. The van der Waals surface area contributed by atoms with Crippen molar-refractivity contribution in [3.8, 4) is 0 Å². The Kier molecular flexibility index (Phi) is 2.86. The van der Waals surface area contributed by atoms with Crippen molar-refractivity contribution >= 4 is 11.4 Å². The van der Waals surface area contributed by atoms with Gasteiger partial charge in [0.2, 0.25) is 0 Å². The van der Waals surface area contributed by atoms with E-state index in [9.17, 15) is 0 Å². The summed E-state index contributed by atoms with van der Waals surface area (Å²) in [6.07, 6.45) is 1.68. The van der Waals surface area contributed by atoms with E-state index >= 15 is 0 Å². The second-order valence-corrected chi connectivity index (χ2v) is 3.89. The highest BCUT2D eigenvalue weighted by Crippen LogP contribution is 2.23. The van der Waals surface area contributed by atoms with Gasteiger partial charge in [0.15, 0.2) is 0 Å². The third kappa shape index (κ3) is 2.03. The van der Waals surface area contributed by atoms with E-state index in [1.54, 1.807) is 6.26 Å². The molecule has 2 rings (SSSR count). The Morgan fingerprint density at radius 1 is 1.19 bits per heavy atom. The number of hydrogen-bond donors (Lipinski definition) is 2. The van der Waals surface area contributed by atoms with Gasteiger partial charge in [0.1, 0.15) is 5.76 Å². The van der Waals surface area contributed by atoms with E-state index in [0.717, 1.165) is 22.7 Å². The minimum absolute atomic E-state index is 0.692. The van der Waals surface area contributed by atoms with E-state index in [0.29, 0.717) is 6.54 Å². The summed E-state index contributed by atoms with van der Waals surface area (Å²) in [5.41, 5.74) is 10.1. The zero-order valence-corrected chi connectivity index (χ0v) is 9.58. The summed E-state index contributed by atoms with van der Waals surface area (Å²) >= 11 is 0. The average Bonchev–Trinajstić information content (AvgIpc) is 2.78. The zero-order chi connectivity index (χ0) is 11.5. The molecule has 0 fully saturated rings. The van der Waals surface area contributed by atoms with Crippen LogP contribution in [0, 0.1) is 13.8 Å². The van der Waals surface area contributed by atoms with Gasteiger partial charge in [-0.15, -0.1) is 0 Å². The molecule has 3 N–H and O–H groups in total. The molecular weight excluding hydrogens is 200 g/mol. The van der Waals surface area contributed by atoms with Crippen LogP contribution < -0.4 is 11.1 Å². The van der Waals surface area contributed by atoms with Crippen molar-refractivity contribution < 1.29 is 4.42 Å². The summed E-state index contributed by atoms with van der Waals surface area (Å²) in [5.74, 6) is 0.925. The van der Waals surface area contributed by atoms with E-state index < -0.39 is 0 Å². The third-order valence-electron chi connectivity index (χ3n) is 2.86. The molecule has 0 spiro atoms. The Hall–Kier alpha value is -1.90. The molecule has 2 aromatic rings. The monoisotopic (exact) mass is 216 g/mol. The summed E-state index contributed by atoms with van der Waals surface area (Å²) in [4.78, 5) is 0. The second-order valence-electron chi connectivity index (χ2n) is 3.89. The molecule has 0 atom stereocenters. The molecule has 0 saturated heterocycles. The van der Waals surface area contributed by atoms with Crippen LogP contribution in [0.3, 0.4) is 0 Å². The van der Waals surface area contributed by atoms with Crippen molar-refractivity contribution in [2.24, 2.45) is 0 Å². The molecule has 0 aliphatic carbocycles. The van der Waals surface area contributed by atoms with Crippen molar-refractivity contribution in [2.75, 3.05) is 11.1 Å². The first-order valence-electron chi connectivity index (χ1n) is 5.30. The van der Waals surface area contributed by atoms with Crippen molar-refractivity contribution in [2.45, 2.75) is 20.4 Å². The number of nitrogen functional groups attached to an aromatic ring is 1. The van der Waals surface area contributed by atoms with Gasteiger partial charge in [0.25, 0.3) is 0 Å². The van der Waals surface area contributed by atoms with Crippen LogP contribution in [-0.2, 0) is 6.54 Å². The van der Waals surface area contributed by atoms with Crippen LogP contribution in [-0.4, -0.2) is 0 Å². The topological polar surface area (TPSA) is 51.2 Å². The van der Waals surface area contributed by atoms with Crippen molar-refractivity contribution in [1.82, 2.24) is 0 Å². The molecular formula is C13H16N2O. The molecule has 0 amide bonds. The molecule has 3 heteroatoms. The number of nitrogens with two attached hydrogens (primary N) is 1. The van der Waals surface area contributed by atoms with Gasteiger partial charge in [-0.05, 0) is 49.2 Å². The van der Waals surface area contributed by atoms with E-state index in [1.807, 2.05) is 31.2 Å². The van der Waals surface area contributed by atoms with Gasteiger partial charge in [0, 0.05) is 11.4 Å². The summed E-state index contributed by atoms with van der Waals surface area (Å²) in [7, 11) is 0. The number of hydrogen-bond acceptors (Lipinski definition) is 3. The van der Waals surface area contributed by atoms with Gasteiger partial charge in [-0.25, -0.2) is 0 Å². The first-order chi connectivity index (χ1) is 7.68. The van der Waals surface area contributed by atoms with Crippen LogP contribution >= 0.6 is 0 Å². The highest BCUT2D eigenvalue weighted by molar-refractivity contribution is 5.62. The van der Waals surface area contributed by atoms with Gasteiger partial charge in [0.05, 0.1) is 12.8 Å². The number of benzene rings is 1. The predicted octanol–water partition coefficient (Wildman–Crippen LogP) is 3.09. The van der Waals surface area contributed by atoms with Gasteiger partial charge < -0.3 is 15.5 Å². The Labute approximate surface area is 95.3 Å². The van der Waals surface area contributed by atoms with Crippen LogP contribution in [0.25, 0.3) is 0 Å². The maximum Gasteiger partial charge on any atom is 0.122 e. The van der Waals surface area contributed by atoms with Crippen molar-refractivity contribution in [1.29, 1.82) is 0 Å².